The number of ether oxygens (including phenoxy) is 2. The summed E-state index contributed by atoms with van der Waals surface area (Å²) in [7, 11) is 1.58. The summed E-state index contributed by atoms with van der Waals surface area (Å²) in [6.07, 6.45) is 1.63. The van der Waals surface area contributed by atoms with Gasteiger partial charge in [-0.25, -0.2) is 0 Å². The SMILES string of the molecule is COc1cc(/C=N\Nc2ccc([N+](=O)[O-])cc2)ccc1OCc1ccccc1. The van der Waals surface area contributed by atoms with Crippen molar-refractivity contribution in [2.75, 3.05) is 12.5 Å². The van der Waals surface area contributed by atoms with Gasteiger partial charge in [-0.2, -0.15) is 5.10 Å². The van der Waals surface area contributed by atoms with Gasteiger partial charge in [0.25, 0.3) is 5.69 Å². The third-order valence-corrected chi connectivity index (χ3v) is 3.91. The topological polar surface area (TPSA) is 86.0 Å². The van der Waals surface area contributed by atoms with E-state index >= 15 is 0 Å². The lowest BCUT2D eigenvalue weighted by atomic mass is 10.2. The number of nitro benzene ring substituents is 1. The van der Waals surface area contributed by atoms with Gasteiger partial charge >= 0.3 is 0 Å². The molecule has 7 nitrogen and oxygen atoms in total. The first kappa shape index (κ1) is 18.9. The van der Waals surface area contributed by atoms with E-state index in [1.54, 1.807) is 25.5 Å². The molecule has 0 aliphatic carbocycles. The normalized spacial score (nSPS) is 10.6. The Morgan fingerprint density at radius 1 is 1.04 bits per heavy atom. The Balaban J connectivity index is 1.62. The summed E-state index contributed by atoms with van der Waals surface area (Å²) in [5, 5.41) is 14.8. The highest BCUT2D eigenvalue weighted by Gasteiger charge is 2.06. The molecule has 0 aliphatic heterocycles. The smallest absolute Gasteiger partial charge is 0.269 e. The predicted molar refractivity (Wildman–Crippen MR) is 108 cm³/mol. The molecular weight excluding hydrogens is 358 g/mol. The number of nitrogens with one attached hydrogen (secondary N) is 1. The molecule has 0 radical (unpaired) electrons. The van der Waals surface area contributed by atoms with Gasteiger partial charge in [-0.3, -0.25) is 15.5 Å². The molecule has 3 aromatic rings. The summed E-state index contributed by atoms with van der Waals surface area (Å²) in [5.41, 5.74) is 5.40. The molecule has 0 saturated heterocycles. The standard InChI is InChI=1S/C21H19N3O4/c1-27-21-13-17(7-12-20(21)28-15-16-5-3-2-4-6-16)14-22-23-18-8-10-19(11-9-18)24(25)26/h2-14,23H,15H2,1H3/b22-14-. The molecule has 7 heteroatoms. The van der Waals surface area contributed by atoms with Crippen LogP contribution in [0.3, 0.4) is 0 Å². The third kappa shape index (κ3) is 5.07. The second-order valence-electron chi connectivity index (χ2n) is 5.86. The van der Waals surface area contributed by atoms with Crippen molar-refractivity contribution in [3.8, 4) is 11.5 Å². The van der Waals surface area contributed by atoms with Crippen LogP contribution in [-0.4, -0.2) is 18.2 Å². The zero-order valence-corrected chi connectivity index (χ0v) is 15.2. The number of methoxy groups -OCH3 is 1. The highest BCUT2D eigenvalue weighted by Crippen LogP contribution is 2.28. The van der Waals surface area contributed by atoms with Crippen LogP contribution in [0, 0.1) is 10.1 Å². The molecule has 142 valence electrons. The van der Waals surface area contributed by atoms with Crippen LogP contribution in [0.1, 0.15) is 11.1 Å². The fourth-order valence-corrected chi connectivity index (χ4v) is 2.46. The monoisotopic (exact) mass is 377 g/mol. The van der Waals surface area contributed by atoms with Crippen molar-refractivity contribution in [3.63, 3.8) is 0 Å². The maximum absolute atomic E-state index is 10.7. The minimum Gasteiger partial charge on any atom is -0.493 e. The van der Waals surface area contributed by atoms with E-state index in [0.29, 0.717) is 23.8 Å². The molecule has 0 unspecified atom stereocenters. The van der Waals surface area contributed by atoms with Crippen molar-refractivity contribution in [1.29, 1.82) is 0 Å². The molecule has 0 amide bonds. The summed E-state index contributed by atoms with van der Waals surface area (Å²) in [5.74, 6) is 1.25. The number of benzene rings is 3. The van der Waals surface area contributed by atoms with Crippen LogP contribution in [-0.2, 0) is 6.61 Å². The Hall–Kier alpha value is -3.87. The summed E-state index contributed by atoms with van der Waals surface area (Å²) in [4.78, 5) is 10.2. The molecule has 0 bridgehead atoms. The van der Waals surface area contributed by atoms with Gasteiger partial charge in [0.05, 0.1) is 23.9 Å². The van der Waals surface area contributed by atoms with Crippen molar-refractivity contribution in [1.82, 2.24) is 0 Å². The highest BCUT2D eigenvalue weighted by atomic mass is 16.6. The lowest BCUT2D eigenvalue weighted by molar-refractivity contribution is -0.384. The van der Waals surface area contributed by atoms with Crippen LogP contribution < -0.4 is 14.9 Å². The van der Waals surface area contributed by atoms with E-state index in [1.165, 1.54) is 12.1 Å². The van der Waals surface area contributed by atoms with E-state index in [1.807, 2.05) is 48.5 Å². The number of non-ortho nitro benzene ring substituents is 1. The quantitative estimate of drug-likeness (QED) is 0.351. The third-order valence-electron chi connectivity index (χ3n) is 3.91. The van der Waals surface area contributed by atoms with Crippen LogP contribution in [0.4, 0.5) is 11.4 Å². The Morgan fingerprint density at radius 2 is 1.79 bits per heavy atom. The Bertz CT molecular complexity index is 957. The molecule has 0 heterocycles. The first-order chi connectivity index (χ1) is 13.7. The molecule has 0 atom stereocenters. The molecular formula is C21H19N3O4. The number of hydrazone groups is 1. The van der Waals surface area contributed by atoms with Gasteiger partial charge < -0.3 is 9.47 Å². The van der Waals surface area contributed by atoms with Crippen molar-refractivity contribution >= 4 is 17.6 Å². The molecule has 0 aliphatic rings. The van der Waals surface area contributed by atoms with Gasteiger partial charge in [0.15, 0.2) is 11.5 Å². The minimum absolute atomic E-state index is 0.0327. The second-order valence-corrected chi connectivity index (χ2v) is 5.86. The van der Waals surface area contributed by atoms with Gasteiger partial charge in [-0.05, 0) is 41.5 Å². The lowest BCUT2D eigenvalue weighted by Crippen LogP contribution is -1.98. The number of rotatable bonds is 8. The fourth-order valence-electron chi connectivity index (χ4n) is 2.46. The maximum atomic E-state index is 10.7. The largest absolute Gasteiger partial charge is 0.493 e. The summed E-state index contributed by atoms with van der Waals surface area (Å²) in [6.45, 7) is 0.451. The van der Waals surface area contributed by atoms with Gasteiger partial charge in [-0.15, -0.1) is 0 Å². The Labute approximate surface area is 162 Å². The first-order valence-electron chi connectivity index (χ1n) is 8.54. The molecule has 0 fully saturated rings. The van der Waals surface area contributed by atoms with Gasteiger partial charge in [-0.1, -0.05) is 30.3 Å². The summed E-state index contributed by atoms with van der Waals surface area (Å²) in [6, 6.07) is 21.4. The second kappa shape index (κ2) is 9.18. The summed E-state index contributed by atoms with van der Waals surface area (Å²) >= 11 is 0. The maximum Gasteiger partial charge on any atom is 0.269 e. The van der Waals surface area contributed by atoms with Crippen LogP contribution in [0.5, 0.6) is 11.5 Å². The molecule has 0 spiro atoms. The summed E-state index contributed by atoms with van der Waals surface area (Å²) < 4.78 is 11.2. The van der Waals surface area contributed by atoms with E-state index < -0.39 is 4.92 Å². The van der Waals surface area contributed by atoms with Gasteiger partial charge in [0.2, 0.25) is 0 Å². The van der Waals surface area contributed by atoms with E-state index in [0.717, 1.165) is 11.1 Å². The molecule has 28 heavy (non-hydrogen) atoms. The fraction of sp³-hybridized carbons (Fsp3) is 0.0952. The number of hydrogen-bond donors (Lipinski definition) is 1. The molecule has 0 aromatic heterocycles. The van der Waals surface area contributed by atoms with Gasteiger partial charge in [0, 0.05) is 12.1 Å². The lowest BCUT2D eigenvalue weighted by Gasteiger charge is -2.11. The first-order valence-corrected chi connectivity index (χ1v) is 8.54. The number of nitro groups is 1. The van der Waals surface area contributed by atoms with E-state index in [2.05, 4.69) is 10.5 Å². The van der Waals surface area contributed by atoms with E-state index in [-0.39, 0.29) is 5.69 Å². The van der Waals surface area contributed by atoms with E-state index in [4.69, 9.17) is 9.47 Å². The van der Waals surface area contributed by atoms with Crippen molar-refractivity contribution in [2.24, 2.45) is 5.10 Å². The minimum atomic E-state index is -0.444. The highest BCUT2D eigenvalue weighted by molar-refractivity contribution is 5.81. The Morgan fingerprint density at radius 3 is 2.46 bits per heavy atom. The van der Waals surface area contributed by atoms with Crippen molar-refractivity contribution in [3.05, 3.63) is 94.0 Å². The molecule has 0 saturated carbocycles. The average molecular weight is 377 g/mol. The van der Waals surface area contributed by atoms with Crippen molar-refractivity contribution in [2.45, 2.75) is 6.61 Å². The zero-order chi connectivity index (χ0) is 19.8. The van der Waals surface area contributed by atoms with Crippen LogP contribution >= 0.6 is 0 Å². The average Bonchev–Trinajstić information content (AvgIpc) is 2.73. The van der Waals surface area contributed by atoms with Crippen molar-refractivity contribution < 1.29 is 14.4 Å². The van der Waals surface area contributed by atoms with Gasteiger partial charge in [0.1, 0.15) is 6.61 Å². The predicted octanol–water partition coefficient (Wildman–Crippen LogP) is 4.63. The molecule has 3 aromatic carbocycles. The zero-order valence-electron chi connectivity index (χ0n) is 15.2. The van der Waals surface area contributed by atoms with Crippen LogP contribution in [0.25, 0.3) is 0 Å². The number of nitrogens with zero attached hydrogens (tertiary/aromatic N) is 2. The number of anilines is 1. The van der Waals surface area contributed by atoms with E-state index in [9.17, 15) is 10.1 Å². The van der Waals surface area contributed by atoms with Crippen LogP contribution in [0.2, 0.25) is 0 Å². The molecule has 3 rings (SSSR count). The molecule has 1 N–H and O–H groups in total. The number of hydrogen-bond acceptors (Lipinski definition) is 6. The van der Waals surface area contributed by atoms with Crippen LogP contribution in [0.15, 0.2) is 77.9 Å². The Kier molecular flexibility index (Phi) is 6.20.